The molecule has 300 valence electrons. The number of phenols is 2. The van der Waals surface area contributed by atoms with Crippen LogP contribution in [0.4, 0.5) is 0 Å². The molecule has 19 heteroatoms. The second-order valence-electron chi connectivity index (χ2n) is 12.2. The van der Waals surface area contributed by atoms with Crippen molar-refractivity contribution in [2.75, 3.05) is 34.0 Å². The molecule has 9 atom stereocenters. The Morgan fingerprint density at radius 1 is 0.745 bits per heavy atom. The van der Waals surface area contributed by atoms with Gasteiger partial charge in [-0.2, -0.15) is 0 Å². The second-order valence-corrected chi connectivity index (χ2v) is 12.2. The highest BCUT2D eigenvalue weighted by Gasteiger charge is 2.61. The highest BCUT2D eigenvalue weighted by atomic mass is 16.8. The molecule has 6 N–H and O–H groups in total. The van der Waals surface area contributed by atoms with E-state index in [9.17, 15) is 49.8 Å². The summed E-state index contributed by atoms with van der Waals surface area (Å²) in [5.41, 5.74) is 0.843. The molecule has 0 aliphatic carbocycles. The van der Waals surface area contributed by atoms with Crippen LogP contribution in [0.5, 0.6) is 23.0 Å². The van der Waals surface area contributed by atoms with E-state index in [1.54, 1.807) is 0 Å². The van der Waals surface area contributed by atoms with Gasteiger partial charge in [0.2, 0.25) is 5.79 Å². The Hall–Kier alpha value is -5.28. The molecule has 55 heavy (non-hydrogen) atoms. The summed E-state index contributed by atoms with van der Waals surface area (Å²) in [5, 5.41) is 63.6. The molecule has 0 radical (unpaired) electrons. The predicted octanol–water partition coefficient (Wildman–Crippen LogP) is -0.297. The van der Waals surface area contributed by atoms with Gasteiger partial charge in [-0.15, -0.1) is 0 Å². The van der Waals surface area contributed by atoms with Crippen molar-refractivity contribution >= 4 is 36.0 Å². The highest BCUT2D eigenvalue weighted by Crippen LogP contribution is 2.39. The van der Waals surface area contributed by atoms with Crippen LogP contribution in [0, 0.1) is 0 Å². The Balaban J connectivity index is 1.59. The van der Waals surface area contributed by atoms with Crippen LogP contribution in [0.2, 0.25) is 0 Å². The first-order valence-electron chi connectivity index (χ1n) is 16.6. The van der Waals surface area contributed by atoms with Gasteiger partial charge in [0, 0.05) is 26.0 Å². The third-order valence-corrected chi connectivity index (χ3v) is 8.27. The fourth-order valence-corrected chi connectivity index (χ4v) is 5.57. The lowest BCUT2D eigenvalue weighted by molar-refractivity contribution is -0.383. The molecule has 2 saturated heterocycles. The summed E-state index contributed by atoms with van der Waals surface area (Å²) in [5.74, 6) is -6.28. The number of hydrogen-bond donors (Lipinski definition) is 6. The Kier molecular flexibility index (Phi) is 14.6. The number of aliphatic hydroxyl groups is 4. The summed E-state index contributed by atoms with van der Waals surface area (Å²) in [7, 11) is 2.67. The normalized spacial score (nSPS) is 27.8. The Morgan fingerprint density at radius 2 is 1.31 bits per heavy atom. The Morgan fingerprint density at radius 3 is 1.84 bits per heavy atom. The standard InChI is InChI=1S/C36H42O19/c1-18(38)49-16-27-33(51-19(2)39)31(45)32(46)35(52-27)55-36(17-37)34(53-29(43)12-8-21-6-10-23(41)25(14-21)48-4)30(44)26(54-36)15-50-28(42)11-7-20-5-9-22(40)24(13-20)47-3/h5-14,26-27,30-35,37,40-41,44-46H,15-17H2,1-4H3/b11-7-,12-8+/t26-,27-,30-,31-,32-,33-,34+,35-,36+/m1/s1. The van der Waals surface area contributed by atoms with Crippen molar-refractivity contribution < 1.29 is 92.4 Å². The van der Waals surface area contributed by atoms with Gasteiger partial charge in [0.15, 0.2) is 41.5 Å². The maximum absolute atomic E-state index is 13.1. The smallest absolute Gasteiger partial charge is 0.331 e. The largest absolute Gasteiger partial charge is 0.504 e. The number of phenolic OH excluding ortho intramolecular Hbond substituents is 2. The molecule has 0 spiro atoms. The van der Waals surface area contributed by atoms with E-state index in [0.29, 0.717) is 11.1 Å². The molecule has 2 fully saturated rings. The summed E-state index contributed by atoms with van der Waals surface area (Å²) in [6.07, 6.45) is -9.72. The lowest BCUT2D eigenvalue weighted by Crippen LogP contribution is -2.64. The molecule has 2 heterocycles. The van der Waals surface area contributed by atoms with Crippen molar-refractivity contribution in [3.05, 3.63) is 59.7 Å². The molecule has 2 aromatic rings. The monoisotopic (exact) mass is 778 g/mol. The molecule has 0 amide bonds. The van der Waals surface area contributed by atoms with Gasteiger partial charge in [0.05, 0.1) is 14.2 Å². The van der Waals surface area contributed by atoms with Crippen LogP contribution in [0.3, 0.4) is 0 Å². The number of carbonyl (C=O) groups is 4. The minimum atomic E-state index is -2.58. The third kappa shape index (κ3) is 10.7. The number of aromatic hydroxyl groups is 2. The number of benzene rings is 2. The lowest BCUT2D eigenvalue weighted by Gasteiger charge is -2.44. The van der Waals surface area contributed by atoms with Crippen molar-refractivity contribution in [2.45, 2.75) is 68.7 Å². The number of ether oxygens (including phenoxy) is 9. The summed E-state index contributed by atoms with van der Waals surface area (Å²) < 4.78 is 48.3. The Bertz CT molecular complexity index is 1740. The van der Waals surface area contributed by atoms with Crippen LogP contribution < -0.4 is 9.47 Å². The molecule has 0 aromatic heterocycles. The zero-order chi connectivity index (χ0) is 40.4. The number of esters is 4. The fourth-order valence-electron chi connectivity index (χ4n) is 5.57. The summed E-state index contributed by atoms with van der Waals surface area (Å²) in [6.45, 7) is -0.389. The van der Waals surface area contributed by atoms with Crippen LogP contribution in [0.1, 0.15) is 25.0 Å². The topological polar surface area (TPSA) is 273 Å². The molecule has 0 bridgehead atoms. The van der Waals surface area contributed by atoms with Gasteiger partial charge in [-0.25, -0.2) is 9.59 Å². The van der Waals surface area contributed by atoms with E-state index in [1.165, 1.54) is 62.8 Å². The molecular formula is C36H42O19. The minimum absolute atomic E-state index is 0.106. The van der Waals surface area contributed by atoms with Gasteiger partial charge in [-0.1, -0.05) is 12.1 Å². The molecule has 2 aliphatic rings. The molecule has 19 nitrogen and oxygen atoms in total. The summed E-state index contributed by atoms with van der Waals surface area (Å²) in [4.78, 5) is 49.1. The van der Waals surface area contributed by atoms with Gasteiger partial charge in [0.1, 0.15) is 50.3 Å². The number of aliphatic hydroxyl groups excluding tert-OH is 4. The zero-order valence-corrected chi connectivity index (χ0v) is 30.0. The average Bonchev–Trinajstić information content (AvgIpc) is 3.41. The van der Waals surface area contributed by atoms with E-state index < -0.39 is 98.5 Å². The molecule has 2 aliphatic heterocycles. The van der Waals surface area contributed by atoms with Crippen molar-refractivity contribution in [1.82, 2.24) is 0 Å². The van der Waals surface area contributed by atoms with E-state index in [4.69, 9.17) is 42.6 Å². The van der Waals surface area contributed by atoms with Crippen LogP contribution in [0.15, 0.2) is 48.6 Å². The van der Waals surface area contributed by atoms with E-state index in [0.717, 1.165) is 26.0 Å². The van der Waals surface area contributed by atoms with Crippen molar-refractivity contribution in [1.29, 1.82) is 0 Å². The molecule has 4 rings (SSSR count). The van der Waals surface area contributed by atoms with Gasteiger partial charge in [-0.3, -0.25) is 9.59 Å². The minimum Gasteiger partial charge on any atom is -0.504 e. The Labute approximate surface area is 313 Å². The first-order valence-corrected chi connectivity index (χ1v) is 16.6. The first kappa shape index (κ1) is 42.5. The van der Waals surface area contributed by atoms with E-state index >= 15 is 0 Å². The third-order valence-electron chi connectivity index (χ3n) is 8.27. The highest BCUT2D eigenvalue weighted by molar-refractivity contribution is 5.88. The van der Waals surface area contributed by atoms with Gasteiger partial charge >= 0.3 is 23.9 Å². The van der Waals surface area contributed by atoms with Crippen LogP contribution in [-0.4, -0.2) is 143 Å². The first-order chi connectivity index (χ1) is 26.1. The molecule has 2 aromatic carbocycles. The zero-order valence-electron chi connectivity index (χ0n) is 30.0. The number of methoxy groups -OCH3 is 2. The van der Waals surface area contributed by atoms with Crippen LogP contribution in [0.25, 0.3) is 12.2 Å². The fraction of sp³-hybridized carbons (Fsp3) is 0.444. The SMILES string of the molecule is COc1cc(/C=C\C(=O)OC[C@H]2O[C@@](CO)(O[C@H]3O[C@H](COC(C)=O)[C@@H](OC(C)=O)[C@H](O)[C@H]3O)[C@@H](OC(=O)/C=C/c3ccc(O)c(OC)c3)[C@@H]2O)ccc1O. The predicted molar refractivity (Wildman–Crippen MR) is 183 cm³/mol. The van der Waals surface area contributed by atoms with Crippen molar-refractivity contribution in [2.24, 2.45) is 0 Å². The number of rotatable bonds is 15. The van der Waals surface area contributed by atoms with Crippen LogP contribution in [-0.2, 0) is 52.3 Å². The molecule has 0 unspecified atom stereocenters. The van der Waals surface area contributed by atoms with Gasteiger partial charge < -0.3 is 73.3 Å². The maximum Gasteiger partial charge on any atom is 0.331 e. The summed E-state index contributed by atoms with van der Waals surface area (Å²) in [6, 6.07) is 8.47. The van der Waals surface area contributed by atoms with E-state index in [1.807, 2.05) is 0 Å². The van der Waals surface area contributed by atoms with E-state index in [2.05, 4.69) is 0 Å². The quantitative estimate of drug-likeness (QED) is 0.0770. The van der Waals surface area contributed by atoms with E-state index in [-0.39, 0.29) is 23.0 Å². The molecular weight excluding hydrogens is 736 g/mol. The van der Waals surface area contributed by atoms with Crippen LogP contribution >= 0.6 is 0 Å². The summed E-state index contributed by atoms with van der Waals surface area (Å²) >= 11 is 0. The van der Waals surface area contributed by atoms with Gasteiger partial charge in [-0.05, 0) is 47.5 Å². The second kappa shape index (κ2) is 18.8. The number of hydrogen-bond acceptors (Lipinski definition) is 19. The van der Waals surface area contributed by atoms with Crippen molar-refractivity contribution in [3.63, 3.8) is 0 Å². The molecule has 0 saturated carbocycles. The average molecular weight is 779 g/mol. The van der Waals surface area contributed by atoms with Crippen molar-refractivity contribution in [3.8, 4) is 23.0 Å². The maximum atomic E-state index is 13.1. The number of carbonyl (C=O) groups excluding carboxylic acids is 4. The lowest BCUT2D eigenvalue weighted by atomic mass is 9.98. The van der Waals surface area contributed by atoms with Gasteiger partial charge in [0.25, 0.3) is 0 Å².